The first-order chi connectivity index (χ1) is 15.4. The van der Waals surface area contributed by atoms with Crippen molar-refractivity contribution in [2.45, 2.75) is 12.8 Å². The summed E-state index contributed by atoms with van der Waals surface area (Å²) in [6, 6.07) is 13.1. The van der Waals surface area contributed by atoms with Crippen LogP contribution in [-0.4, -0.2) is 32.3 Å². The molecule has 3 aromatic rings. The number of para-hydroxylation sites is 1. The summed E-state index contributed by atoms with van der Waals surface area (Å²) in [6.45, 7) is 0.531. The van der Waals surface area contributed by atoms with Gasteiger partial charge in [0.05, 0.1) is 16.3 Å². The zero-order valence-electron chi connectivity index (χ0n) is 16.6. The molecule has 1 aliphatic heterocycles. The van der Waals surface area contributed by atoms with Crippen LogP contribution in [0.15, 0.2) is 54.9 Å². The predicted molar refractivity (Wildman–Crippen MR) is 114 cm³/mol. The zero-order chi connectivity index (χ0) is 22.7. The number of carbonyl (C=O) groups excluding carboxylic acids is 1. The van der Waals surface area contributed by atoms with Crippen LogP contribution in [0.3, 0.4) is 0 Å². The van der Waals surface area contributed by atoms with E-state index >= 15 is 0 Å². The van der Waals surface area contributed by atoms with Gasteiger partial charge in [-0.15, -0.1) is 0 Å². The molecular weight excluding hydrogens is 418 g/mol. The van der Waals surface area contributed by atoms with E-state index in [0.717, 1.165) is 17.7 Å². The summed E-state index contributed by atoms with van der Waals surface area (Å²) in [5.41, 5.74) is 6.88. The molecule has 2 N–H and O–H groups in total. The summed E-state index contributed by atoms with van der Waals surface area (Å²) in [7, 11) is 0. The van der Waals surface area contributed by atoms with Crippen LogP contribution in [0.1, 0.15) is 11.1 Å². The van der Waals surface area contributed by atoms with Crippen molar-refractivity contribution in [1.82, 2.24) is 15.4 Å². The molecule has 32 heavy (non-hydrogen) atoms. The van der Waals surface area contributed by atoms with Crippen molar-refractivity contribution in [2.24, 2.45) is 0 Å². The summed E-state index contributed by atoms with van der Waals surface area (Å²) >= 11 is 0. The second-order valence-corrected chi connectivity index (χ2v) is 6.96. The number of carbonyl (C=O) groups is 1. The standard InChI is InChI=1S/C20H17N7O5/c28-17(11-13-5-7-15(8-6-13)26(29)30)23-24-19-18(27(31)32)20(22-12-21-19)25-10-9-14-3-1-2-4-16(14)25/h1-8,12H,9-11H2,(H,23,28)(H,21,22,24). The van der Waals surface area contributed by atoms with Gasteiger partial charge < -0.3 is 4.90 Å². The fourth-order valence-corrected chi connectivity index (χ4v) is 3.48. The number of nitro benzene ring substituents is 1. The minimum atomic E-state index is -0.596. The second-order valence-electron chi connectivity index (χ2n) is 6.96. The van der Waals surface area contributed by atoms with Crippen molar-refractivity contribution in [3.05, 3.63) is 86.2 Å². The van der Waals surface area contributed by atoms with Crippen molar-refractivity contribution in [3.63, 3.8) is 0 Å². The number of hydrogen-bond acceptors (Lipinski definition) is 9. The Morgan fingerprint density at radius 2 is 1.78 bits per heavy atom. The highest BCUT2D eigenvalue weighted by molar-refractivity contribution is 5.82. The Morgan fingerprint density at radius 1 is 1.03 bits per heavy atom. The minimum absolute atomic E-state index is 0.0834. The average Bonchev–Trinajstić information content (AvgIpc) is 3.21. The van der Waals surface area contributed by atoms with E-state index in [1.165, 1.54) is 30.6 Å². The normalized spacial score (nSPS) is 12.2. The van der Waals surface area contributed by atoms with E-state index in [2.05, 4.69) is 20.8 Å². The number of aromatic nitrogens is 2. The first kappa shape index (κ1) is 20.7. The van der Waals surface area contributed by atoms with Crippen LogP contribution >= 0.6 is 0 Å². The van der Waals surface area contributed by atoms with Gasteiger partial charge in [-0.2, -0.15) is 0 Å². The van der Waals surface area contributed by atoms with Crippen molar-refractivity contribution in [3.8, 4) is 0 Å². The summed E-state index contributed by atoms with van der Waals surface area (Å²) in [6.07, 6.45) is 1.83. The highest BCUT2D eigenvalue weighted by Crippen LogP contribution is 2.39. The Bertz CT molecular complexity index is 1200. The van der Waals surface area contributed by atoms with Gasteiger partial charge >= 0.3 is 5.69 Å². The molecule has 12 nitrogen and oxygen atoms in total. The molecular formula is C20H17N7O5. The third kappa shape index (κ3) is 4.14. The summed E-state index contributed by atoms with van der Waals surface area (Å²) in [5.74, 6) is -0.525. The Balaban J connectivity index is 1.51. The maximum atomic E-state index is 12.3. The van der Waals surface area contributed by atoms with Gasteiger partial charge in [0.25, 0.3) is 5.69 Å². The van der Waals surface area contributed by atoms with Crippen LogP contribution in [0, 0.1) is 20.2 Å². The minimum Gasteiger partial charge on any atom is -0.320 e. The predicted octanol–water partition coefficient (Wildman–Crippen LogP) is 2.67. The smallest absolute Gasteiger partial charge is 0.320 e. The van der Waals surface area contributed by atoms with Gasteiger partial charge in [0.1, 0.15) is 6.33 Å². The Labute approximate surface area is 181 Å². The summed E-state index contributed by atoms with van der Waals surface area (Å²) in [5, 5.41) is 22.5. The topological polar surface area (TPSA) is 156 Å². The van der Waals surface area contributed by atoms with Crippen molar-refractivity contribution in [2.75, 3.05) is 16.9 Å². The number of nitro groups is 2. The Morgan fingerprint density at radius 3 is 2.50 bits per heavy atom. The molecule has 0 aliphatic carbocycles. The van der Waals surface area contributed by atoms with E-state index < -0.39 is 15.8 Å². The molecule has 0 fully saturated rings. The number of fused-ring (bicyclic) bond motifs is 1. The number of amides is 1. The third-order valence-corrected chi connectivity index (χ3v) is 4.96. The molecule has 0 radical (unpaired) electrons. The van der Waals surface area contributed by atoms with E-state index in [1.54, 1.807) is 4.90 Å². The van der Waals surface area contributed by atoms with Crippen LogP contribution < -0.4 is 15.8 Å². The summed E-state index contributed by atoms with van der Waals surface area (Å²) in [4.78, 5) is 43.5. The molecule has 0 bridgehead atoms. The van der Waals surface area contributed by atoms with Crippen molar-refractivity contribution < 1.29 is 14.6 Å². The molecule has 0 saturated heterocycles. The van der Waals surface area contributed by atoms with Gasteiger partial charge in [-0.25, -0.2) is 9.97 Å². The molecule has 12 heteroatoms. The van der Waals surface area contributed by atoms with E-state index in [0.29, 0.717) is 12.1 Å². The molecule has 0 saturated carbocycles. The van der Waals surface area contributed by atoms with Gasteiger partial charge in [0, 0.05) is 24.4 Å². The first-order valence-electron chi connectivity index (χ1n) is 9.57. The maximum absolute atomic E-state index is 12.3. The fourth-order valence-electron chi connectivity index (χ4n) is 3.48. The molecule has 162 valence electrons. The molecule has 4 rings (SSSR count). The maximum Gasteiger partial charge on any atom is 0.355 e. The van der Waals surface area contributed by atoms with Gasteiger partial charge in [0.2, 0.25) is 17.5 Å². The molecule has 0 spiro atoms. The average molecular weight is 435 g/mol. The summed E-state index contributed by atoms with van der Waals surface area (Å²) < 4.78 is 0. The van der Waals surface area contributed by atoms with Crippen LogP contribution in [0.4, 0.5) is 28.7 Å². The molecule has 0 unspecified atom stereocenters. The zero-order valence-corrected chi connectivity index (χ0v) is 16.6. The Kier molecular flexibility index (Phi) is 5.57. The second kappa shape index (κ2) is 8.63. The largest absolute Gasteiger partial charge is 0.355 e. The quantitative estimate of drug-likeness (QED) is 0.420. The molecule has 2 aromatic carbocycles. The van der Waals surface area contributed by atoms with Gasteiger partial charge in [0.15, 0.2) is 0 Å². The van der Waals surface area contributed by atoms with Crippen molar-refractivity contribution >= 4 is 34.6 Å². The molecule has 0 atom stereocenters. The van der Waals surface area contributed by atoms with Crippen LogP contribution in [0.2, 0.25) is 0 Å². The lowest BCUT2D eigenvalue weighted by molar-refractivity contribution is -0.384. The fraction of sp³-hybridized carbons (Fsp3) is 0.150. The molecule has 2 heterocycles. The van der Waals surface area contributed by atoms with Gasteiger partial charge in [-0.05, 0) is 23.6 Å². The lowest BCUT2D eigenvalue weighted by Crippen LogP contribution is -2.32. The number of hydrazine groups is 1. The lowest BCUT2D eigenvalue weighted by atomic mass is 10.1. The van der Waals surface area contributed by atoms with Crippen LogP contribution in [0.5, 0.6) is 0 Å². The lowest BCUT2D eigenvalue weighted by Gasteiger charge is -2.19. The van der Waals surface area contributed by atoms with Gasteiger partial charge in [-0.1, -0.05) is 30.3 Å². The number of non-ortho nitro benzene ring substituents is 1. The molecule has 1 amide bonds. The number of nitrogens with one attached hydrogen (secondary N) is 2. The molecule has 1 aromatic heterocycles. The van der Waals surface area contributed by atoms with Crippen LogP contribution in [0.25, 0.3) is 0 Å². The monoisotopic (exact) mass is 435 g/mol. The van der Waals surface area contributed by atoms with Crippen molar-refractivity contribution in [1.29, 1.82) is 0 Å². The highest BCUT2D eigenvalue weighted by atomic mass is 16.6. The van der Waals surface area contributed by atoms with Crippen LogP contribution in [-0.2, 0) is 17.6 Å². The third-order valence-electron chi connectivity index (χ3n) is 4.96. The van der Waals surface area contributed by atoms with E-state index in [4.69, 9.17) is 0 Å². The first-order valence-corrected chi connectivity index (χ1v) is 9.57. The number of rotatable bonds is 7. The van der Waals surface area contributed by atoms with Gasteiger partial charge in [-0.3, -0.25) is 35.9 Å². The SMILES string of the molecule is O=C(Cc1ccc([N+](=O)[O-])cc1)NNc1ncnc(N2CCc3ccccc32)c1[N+](=O)[O-]. The Hall–Kier alpha value is -4.61. The number of benzene rings is 2. The number of nitrogens with zero attached hydrogens (tertiary/aromatic N) is 5. The van der Waals surface area contributed by atoms with E-state index in [1.807, 2.05) is 24.3 Å². The molecule has 1 aliphatic rings. The van der Waals surface area contributed by atoms with E-state index in [9.17, 15) is 25.0 Å². The highest BCUT2D eigenvalue weighted by Gasteiger charge is 2.31. The number of anilines is 3. The number of hydrogen-bond donors (Lipinski definition) is 2. The van der Waals surface area contributed by atoms with E-state index in [-0.39, 0.29) is 29.4 Å².